The summed E-state index contributed by atoms with van der Waals surface area (Å²) in [5.41, 5.74) is 1.60. The molecule has 0 aromatic heterocycles. The predicted molar refractivity (Wildman–Crippen MR) is 106 cm³/mol. The number of nitrogens with zero attached hydrogens (tertiary/aromatic N) is 1. The van der Waals surface area contributed by atoms with Crippen molar-refractivity contribution in [2.75, 3.05) is 26.1 Å². The molecule has 2 nitrogen and oxygen atoms in total. The fourth-order valence-corrected chi connectivity index (χ4v) is 5.77. The molecule has 1 aromatic carbocycles. The molecule has 0 spiro atoms. The summed E-state index contributed by atoms with van der Waals surface area (Å²) in [7, 11) is 4.35. The highest BCUT2D eigenvalue weighted by Gasteiger charge is 2.52. The lowest BCUT2D eigenvalue weighted by molar-refractivity contribution is 0.103. The van der Waals surface area contributed by atoms with Crippen molar-refractivity contribution < 1.29 is 4.55 Å². The lowest BCUT2D eigenvalue weighted by Gasteiger charge is -2.54. The van der Waals surface area contributed by atoms with Crippen molar-refractivity contribution in [3.05, 3.63) is 34.9 Å². The number of alkyl halides is 1. The van der Waals surface area contributed by atoms with Crippen molar-refractivity contribution in [1.29, 1.82) is 0 Å². The van der Waals surface area contributed by atoms with Crippen molar-refractivity contribution in [1.82, 2.24) is 4.90 Å². The molecular weight excluding hydrogens is 429 g/mol. The van der Waals surface area contributed by atoms with Crippen LogP contribution in [0.2, 0.25) is 5.02 Å². The standard InChI is InChI=1S/C17H25ClINOS/c1-20(2)16(5-4-12-22(3)21)17(11-10-15(17)19)13-6-8-14(18)9-7-13/h6-9,15-16H,4-5,10-12H2,1-3H3. The highest BCUT2D eigenvalue weighted by Crippen LogP contribution is 2.53. The summed E-state index contributed by atoms with van der Waals surface area (Å²) in [6.07, 6.45) is 6.40. The number of hydrogen-bond donors (Lipinski definition) is 0. The Hall–Kier alpha value is 0.510. The van der Waals surface area contributed by atoms with E-state index in [4.69, 9.17) is 11.6 Å². The molecule has 124 valence electrons. The van der Waals surface area contributed by atoms with Crippen LogP contribution in [0.15, 0.2) is 24.3 Å². The zero-order valence-electron chi connectivity index (χ0n) is 13.5. The molecular formula is C17H25ClINOS. The lowest BCUT2D eigenvalue weighted by atomic mass is 9.59. The van der Waals surface area contributed by atoms with E-state index in [-0.39, 0.29) is 5.41 Å². The second kappa shape index (κ2) is 8.06. The van der Waals surface area contributed by atoms with Gasteiger partial charge in [-0.1, -0.05) is 57.5 Å². The van der Waals surface area contributed by atoms with Gasteiger partial charge in [0, 0.05) is 20.4 Å². The Morgan fingerprint density at radius 1 is 1.41 bits per heavy atom. The van der Waals surface area contributed by atoms with Crippen molar-refractivity contribution in [2.45, 2.75) is 41.1 Å². The molecule has 1 aliphatic carbocycles. The van der Waals surface area contributed by atoms with E-state index in [1.165, 1.54) is 18.4 Å². The van der Waals surface area contributed by atoms with Crippen LogP contribution in [-0.4, -0.2) is 45.5 Å². The summed E-state index contributed by atoms with van der Waals surface area (Å²) in [5.74, 6) is 0.799. The normalized spacial score (nSPS) is 27.5. The van der Waals surface area contributed by atoms with E-state index in [9.17, 15) is 4.55 Å². The maximum absolute atomic E-state index is 11.4. The monoisotopic (exact) mass is 453 g/mol. The molecule has 1 saturated carbocycles. The van der Waals surface area contributed by atoms with Gasteiger partial charge in [0.1, 0.15) is 5.75 Å². The molecule has 0 saturated heterocycles. The quantitative estimate of drug-likeness (QED) is 0.350. The molecule has 2 rings (SSSR count). The Bertz CT molecular complexity index is 482. The van der Waals surface area contributed by atoms with Gasteiger partial charge in [0.2, 0.25) is 0 Å². The smallest absolute Gasteiger partial charge is 0.105 e. The van der Waals surface area contributed by atoms with Gasteiger partial charge < -0.3 is 9.45 Å². The molecule has 5 heteroatoms. The molecule has 1 aromatic rings. The summed E-state index contributed by atoms with van der Waals surface area (Å²) in [6, 6.07) is 8.89. The molecule has 0 bridgehead atoms. The highest BCUT2D eigenvalue weighted by molar-refractivity contribution is 14.1. The molecule has 0 aliphatic heterocycles. The summed E-state index contributed by atoms with van der Waals surface area (Å²) in [4.78, 5) is 2.36. The first-order valence-corrected chi connectivity index (χ1v) is 11.1. The van der Waals surface area contributed by atoms with Crippen LogP contribution in [0.5, 0.6) is 0 Å². The first kappa shape index (κ1) is 18.8. The Labute approximate surface area is 156 Å². The van der Waals surface area contributed by atoms with E-state index in [0.717, 1.165) is 23.6 Å². The molecule has 0 radical (unpaired) electrons. The van der Waals surface area contributed by atoms with E-state index < -0.39 is 11.2 Å². The average molecular weight is 454 g/mol. The number of rotatable bonds is 7. The first-order valence-electron chi connectivity index (χ1n) is 7.74. The minimum Gasteiger partial charge on any atom is -0.617 e. The van der Waals surface area contributed by atoms with Gasteiger partial charge in [-0.15, -0.1) is 0 Å². The predicted octanol–water partition coefficient (Wildman–Crippen LogP) is 4.26. The van der Waals surface area contributed by atoms with Gasteiger partial charge in [-0.2, -0.15) is 0 Å². The molecule has 1 fully saturated rings. The van der Waals surface area contributed by atoms with Crippen LogP contribution >= 0.6 is 34.2 Å². The summed E-state index contributed by atoms with van der Waals surface area (Å²) in [5, 5.41) is 0.797. The maximum atomic E-state index is 11.4. The van der Waals surface area contributed by atoms with Gasteiger partial charge in [0.25, 0.3) is 0 Å². The number of likely N-dealkylation sites (N-methyl/N-ethyl adjacent to an activating group) is 1. The van der Waals surface area contributed by atoms with E-state index in [0.29, 0.717) is 9.97 Å². The number of hydrogen-bond acceptors (Lipinski definition) is 2. The second-order valence-corrected chi connectivity index (χ2v) is 9.95. The Balaban J connectivity index is 2.25. The fraction of sp³-hybridized carbons (Fsp3) is 0.647. The van der Waals surface area contributed by atoms with Crippen molar-refractivity contribution in [3.8, 4) is 0 Å². The van der Waals surface area contributed by atoms with Crippen LogP contribution in [0.3, 0.4) is 0 Å². The Morgan fingerprint density at radius 2 is 2.05 bits per heavy atom. The van der Waals surface area contributed by atoms with Gasteiger partial charge in [-0.25, -0.2) is 0 Å². The van der Waals surface area contributed by atoms with Gasteiger partial charge in [-0.05, 0) is 57.5 Å². The van der Waals surface area contributed by atoms with Crippen molar-refractivity contribution in [2.24, 2.45) is 0 Å². The van der Waals surface area contributed by atoms with Crippen LogP contribution in [0.1, 0.15) is 31.2 Å². The largest absolute Gasteiger partial charge is 0.617 e. The molecule has 1 aliphatic rings. The second-order valence-electron chi connectivity index (χ2n) is 6.45. The topological polar surface area (TPSA) is 26.3 Å². The van der Waals surface area contributed by atoms with Gasteiger partial charge >= 0.3 is 0 Å². The summed E-state index contributed by atoms with van der Waals surface area (Å²) < 4.78 is 12.0. The van der Waals surface area contributed by atoms with Crippen LogP contribution in [0.25, 0.3) is 0 Å². The number of benzene rings is 1. The number of halogens is 2. The van der Waals surface area contributed by atoms with E-state index in [1.807, 2.05) is 12.1 Å². The Morgan fingerprint density at radius 3 is 2.45 bits per heavy atom. The fourth-order valence-electron chi connectivity index (χ4n) is 3.67. The van der Waals surface area contributed by atoms with Crippen LogP contribution in [0.4, 0.5) is 0 Å². The first-order chi connectivity index (χ1) is 10.4. The van der Waals surface area contributed by atoms with E-state index >= 15 is 0 Å². The molecule has 4 unspecified atom stereocenters. The third kappa shape index (κ3) is 3.94. The minimum atomic E-state index is -0.700. The van der Waals surface area contributed by atoms with E-state index in [1.54, 1.807) is 6.26 Å². The van der Waals surface area contributed by atoms with Crippen LogP contribution < -0.4 is 0 Å². The zero-order valence-corrected chi connectivity index (χ0v) is 17.2. The third-order valence-corrected chi connectivity index (χ3v) is 7.73. The highest BCUT2D eigenvalue weighted by atomic mass is 127. The lowest BCUT2D eigenvalue weighted by Crippen LogP contribution is -2.58. The average Bonchev–Trinajstić information content (AvgIpc) is 2.45. The molecule has 4 atom stereocenters. The summed E-state index contributed by atoms with van der Waals surface area (Å²) in [6.45, 7) is 0. The van der Waals surface area contributed by atoms with Gasteiger partial charge in [0.15, 0.2) is 0 Å². The van der Waals surface area contributed by atoms with Crippen LogP contribution in [-0.2, 0) is 16.6 Å². The molecule has 0 heterocycles. The minimum absolute atomic E-state index is 0.198. The van der Waals surface area contributed by atoms with Crippen LogP contribution in [0, 0.1) is 0 Å². The van der Waals surface area contributed by atoms with Crippen molar-refractivity contribution in [3.63, 3.8) is 0 Å². The van der Waals surface area contributed by atoms with Gasteiger partial charge in [-0.3, -0.25) is 0 Å². The zero-order chi connectivity index (χ0) is 16.3. The summed E-state index contributed by atoms with van der Waals surface area (Å²) >= 11 is 7.99. The van der Waals surface area contributed by atoms with Gasteiger partial charge in [0.05, 0.1) is 6.26 Å². The molecule has 0 N–H and O–H groups in total. The molecule has 22 heavy (non-hydrogen) atoms. The van der Waals surface area contributed by atoms with Crippen molar-refractivity contribution >= 4 is 45.4 Å². The third-order valence-electron chi connectivity index (χ3n) is 4.88. The Kier molecular flexibility index (Phi) is 6.90. The van der Waals surface area contributed by atoms with E-state index in [2.05, 4.69) is 53.7 Å². The SMILES string of the molecule is CN(C)C(CCC[S+](C)[O-])C1(c2ccc(Cl)cc2)CCC1I. The maximum Gasteiger partial charge on any atom is 0.105 e. The molecule has 0 amide bonds.